The minimum Gasteiger partial charge on any atom is -0.324 e. The van der Waals surface area contributed by atoms with Crippen molar-refractivity contribution in [1.29, 1.82) is 0 Å². The molecule has 4 aromatic rings. The van der Waals surface area contributed by atoms with Crippen LogP contribution in [0.2, 0.25) is 0 Å². The largest absolute Gasteiger partial charge is 0.324 e. The van der Waals surface area contributed by atoms with Gasteiger partial charge in [-0.1, -0.05) is 35.9 Å². The summed E-state index contributed by atoms with van der Waals surface area (Å²) in [6, 6.07) is 20.8. The summed E-state index contributed by atoms with van der Waals surface area (Å²) in [4.78, 5) is 22.1. The fraction of sp³-hybridized carbons (Fsp3) is 0.136. The molecule has 0 radical (unpaired) electrons. The summed E-state index contributed by atoms with van der Waals surface area (Å²) in [6.45, 7) is 3.90. The molecule has 2 aromatic heterocycles. The lowest BCUT2D eigenvalue weighted by molar-refractivity contribution is -0.118. The fourth-order valence-electron chi connectivity index (χ4n) is 3.11. The molecule has 4 rings (SSSR count). The zero-order chi connectivity index (χ0) is 18.8. The summed E-state index contributed by atoms with van der Waals surface area (Å²) in [5.74, 6) is 0.586. The van der Waals surface area contributed by atoms with Gasteiger partial charge in [0.1, 0.15) is 11.7 Å². The van der Waals surface area contributed by atoms with Gasteiger partial charge in [-0.05, 0) is 50.2 Å². The molecule has 5 heteroatoms. The summed E-state index contributed by atoms with van der Waals surface area (Å²) in [5.41, 5.74) is 4.42. The summed E-state index contributed by atoms with van der Waals surface area (Å²) in [6.07, 6.45) is 1.73. The maximum Gasteiger partial charge on any atom is 0.247 e. The van der Waals surface area contributed by atoms with Crippen LogP contribution in [0.3, 0.4) is 0 Å². The van der Waals surface area contributed by atoms with Crippen molar-refractivity contribution in [3.05, 3.63) is 78.5 Å². The van der Waals surface area contributed by atoms with E-state index in [0.29, 0.717) is 5.82 Å². The quantitative estimate of drug-likeness (QED) is 0.581. The SMILES string of the molecule is Cc1ccc(NC(=O)C(C)n2c(-c3ccccn3)nc3ccccc32)cc1. The van der Waals surface area contributed by atoms with E-state index < -0.39 is 6.04 Å². The minimum atomic E-state index is -0.448. The van der Waals surface area contributed by atoms with Crippen LogP contribution < -0.4 is 5.32 Å². The summed E-state index contributed by atoms with van der Waals surface area (Å²) >= 11 is 0. The van der Waals surface area contributed by atoms with Crippen LogP contribution in [0.4, 0.5) is 5.69 Å². The number of nitrogens with one attached hydrogen (secondary N) is 1. The fourth-order valence-corrected chi connectivity index (χ4v) is 3.11. The van der Waals surface area contributed by atoms with E-state index in [1.54, 1.807) is 6.20 Å². The summed E-state index contributed by atoms with van der Waals surface area (Å²) in [5, 5.41) is 2.99. The molecule has 1 unspecified atom stereocenters. The van der Waals surface area contributed by atoms with E-state index >= 15 is 0 Å². The third-order valence-electron chi connectivity index (χ3n) is 4.58. The number of carbonyl (C=O) groups is 1. The highest BCUT2D eigenvalue weighted by atomic mass is 16.2. The first-order valence-electron chi connectivity index (χ1n) is 8.89. The number of imidazole rings is 1. The maximum atomic E-state index is 12.9. The second kappa shape index (κ2) is 7.03. The molecule has 134 valence electrons. The van der Waals surface area contributed by atoms with E-state index in [9.17, 15) is 4.79 Å². The molecule has 1 amide bonds. The molecule has 0 aliphatic heterocycles. The normalized spacial score (nSPS) is 12.1. The molecule has 0 bridgehead atoms. The smallest absolute Gasteiger partial charge is 0.247 e. The first kappa shape index (κ1) is 17.0. The Morgan fingerprint density at radius 3 is 2.48 bits per heavy atom. The van der Waals surface area contributed by atoms with Crippen LogP contribution in [0.5, 0.6) is 0 Å². The number of benzene rings is 2. The average molecular weight is 356 g/mol. The molecule has 2 aromatic carbocycles. The molecule has 0 spiro atoms. The van der Waals surface area contributed by atoms with E-state index in [0.717, 1.165) is 28.0 Å². The monoisotopic (exact) mass is 356 g/mol. The lowest BCUT2D eigenvalue weighted by Crippen LogP contribution is -2.24. The first-order chi connectivity index (χ1) is 13.1. The number of fused-ring (bicyclic) bond motifs is 1. The molecule has 2 heterocycles. The van der Waals surface area contributed by atoms with Gasteiger partial charge in [0.15, 0.2) is 5.82 Å². The minimum absolute atomic E-state index is 0.0980. The Morgan fingerprint density at radius 2 is 1.74 bits per heavy atom. The second-order valence-corrected chi connectivity index (χ2v) is 6.54. The Balaban J connectivity index is 1.75. The topological polar surface area (TPSA) is 59.8 Å². The van der Waals surface area contributed by atoms with Gasteiger partial charge in [-0.25, -0.2) is 4.98 Å². The van der Waals surface area contributed by atoms with Gasteiger partial charge < -0.3 is 9.88 Å². The number of nitrogens with zero attached hydrogens (tertiary/aromatic N) is 3. The molecule has 1 atom stereocenters. The van der Waals surface area contributed by atoms with E-state index in [1.165, 1.54) is 0 Å². The number of rotatable bonds is 4. The molecule has 0 saturated heterocycles. The van der Waals surface area contributed by atoms with Crippen molar-refractivity contribution in [2.45, 2.75) is 19.9 Å². The number of amides is 1. The first-order valence-corrected chi connectivity index (χ1v) is 8.89. The van der Waals surface area contributed by atoms with Crippen molar-refractivity contribution in [3.8, 4) is 11.5 Å². The van der Waals surface area contributed by atoms with E-state index in [4.69, 9.17) is 4.98 Å². The van der Waals surface area contributed by atoms with Crippen LogP contribution in [-0.2, 0) is 4.79 Å². The lowest BCUT2D eigenvalue weighted by Gasteiger charge is -2.17. The molecular formula is C22H20N4O. The van der Waals surface area contributed by atoms with E-state index in [-0.39, 0.29) is 5.91 Å². The number of anilines is 1. The van der Waals surface area contributed by atoms with Crippen molar-refractivity contribution >= 4 is 22.6 Å². The molecule has 27 heavy (non-hydrogen) atoms. The van der Waals surface area contributed by atoms with Crippen molar-refractivity contribution in [2.75, 3.05) is 5.32 Å². The Labute approximate surface area is 157 Å². The van der Waals surface area contributed by atoms with Gasteiger partial charge in [0.25, 0.3) is 0 Å². The highest BCUT2D eigenvalue weighted by molar-refractivity contribution is 5.95. The highest BCUT2D eigenvalue weighted by Crippen LogP contribution is 2.28. The number of pyridine rings is 1. The number of para-hydroxylation sites is 2. The molecule has 0 fully saturated rings. The van der Waals surface area contributed by atoms with Gasteiger partial charge in [-0.2, -0.15) is 0 Å². The average Bonchev–Trinajstić information content (AvgIpc) is 3.09. The van der Waals surface area contributed by atoms with Gasteiger partial charge in [0, 0.05) is 11.9 Å². The Morgan fingerprint density at radius 1 is 1.00 bits per heavy atom. The van der Waals surface area contributed by atoms with Gasteiger partial charge in [0.05, 0.1) is 11.0 Å². The third kappa shape index (κ3) is 3.31. The van der Waals surface area contributed by atoms with Crippen LogP contribution in [0.1, 0.15) is 18.5 Å². The predicted molar refractivity (Wildman–Crippen MR) is 107 cm³/mol. The summed E-state index contributed by atoms with van der Waals surface area (Å²) < 4.78 is 1.95. The van der Waals surface area contributed by atoms with Crippen LogP contribution in [0.25, 0.3) is 22.6 Å². The number of carbonyl (C=O) groups excluding carboxylic acids is 1. The predicted octanol–water partition coefficient (Wildman–Crippen LogP) is 4.61. The van der Waals surface area contributed by atoms with Crippen LogP contribution >= 0.6 is 0 Å². The molecule has 0 aliphatic carbocycles. The molecule has 5 nitrogen and oxygen atoms in total. The van der Waals surface area contributed by atoms with Crippen LogP contribution in [-0.4, -0.2) is 20.4 Å². The standard InChI is InChI=1S/C22H20N4O/c1-15-10-12-17(13-11-15)24-22(27)16(2)26-20-9-4-3-7-18(20)25-21(26)19-8-5-6-14-23-19/h3-14,16H,1-2H3,(H,24,27). The van der Waals surface area contributed by atoms with Crippen molar-refractivity contribution in [3.63, 3.8) is 0 Å². The third-order valence-corrected chi connectivity index (χ3v) is 4.58. The number of aryl methyl sites for hydroxylation is 1. The highest BCUT2D eigenvalue weighted by Gasteiger charge is 2.23. The summed E-state index contributed by atoms with van der Waals surface area (Å²) in [7, 11) is 0. The van der Waals surface area contributed by atoms with Crippen LogP contribution in [0.15, 0.2) is 72.9 Å². The number of aromatic nitrogens is 3. The molecular weight excluding hydrogens is 336 g/mol. The Bertz CT molecular complexity index is 1080. The van der Waals surface area contributed by atoms with Gasteiger partial charge in [-0.15, -0.1) is 0 Å². The van der Waals surface area contributed by atoms with Crippen LogP contribution in [0, 0.1) is 6.92 Å². The molecule has 0 aliphatic rings. The van der Waals surface area contributed by atoms with Crippen molar-refractivity contribution in [1.82, 2.24) is 14.5 Å². The molecule has 0 saturated carbocycles. The zero-order valence-corrected chi connectivity index (χ0v) is 15.3. The second-order valence-electron chi connectivity index (χ2n) is 6.54. The Hall–Kier alpha value is -3.47. The lowest BCUT2D eigenvalue weighted by atomic mass is 10.2. The van der Waals surface area contributed by atoms with Crippen molar-refractivity contribution < 1.29 is 4.79 Å². The van der Waals surface area contributed by atoms with E-state index in [2.05, 4.69) is 10.3 Å². The van der Waals surface area contributed by atoms with E-state index in [1.807, 2.05) is 85.1 Å². The maximum absolute atomic E-state index is 12.9. The number of hydrogen-bond donors (Lipinski definition) is 1. The van der Waals surface area contributed by atoms with Gasteiger partial charge in [0.2, 0.25) is 5.91 Å². The molecule has 1 N–H and O–H groups in total. The zero-order valence-electron chi connectivity index (χ0n) is 15.3. The Kier molecular flexibility index (Phi) is 4.42. The van der Waals surface area contributed by atoms with Gasteiger partial charge >= 0.3 is 0 Å². The number of hydrogen-bond acceptors (Lipinski definition) is 3. The van der Waals surface area contributed by atoms with Gasteiger partial charge in [-0.3, -0.25) is 9.78 Å². The van der Waals surface area contributed by atoms with Crippen molar-refractivity contribution in [2.24, 2.45) is 0 Å².